The van der Waals surface area contributed by atoms with Crippen LogP contribution in [0.3, 0.4) is 0 Å². The second kappa shape index (κ2) is 11.5. The number of aliphatic hydroxyl groups is 1. The molecule has 192 valence electrons. The van der Waals surface area contributed by atoms with E-state index < -0.39 is 17.7 Å². The minimum absolute atomic E-state index is 0.0654. The minimum atomic E-state index is -0.941. The largest absolute Gasteiger partial charge is 0.507 e. The van der Waals surface area contributed by atoms with Crippen LogP contribution in [0.1, 0.15) is 42.5 Å². The summed E-state index contributed by atoms with van der Waals surface area (Å²) in [7, 11) is 1.41. The number of phenols is 1. The van der Waals surface area contributed by atoms with E-state index >= 15 is 0 Å². The zero-order valence-electron chi connectivity index (χ0n) is 20.5. The van der Waals surface area contributed by atoms with Gasteiger partial charge in [-0.3, -0.25) is 14.6 Å². The lowest BCUT2D eigenvalue weighted by Crippen LogP contribution is -2.29. The van der Waals surface area contributed by atoms with Gasteiger partial charge in [-0.25, -0.2) is 0 Å². The van der Waals surface area contributed by atoms with Crippen molar-refractivity contribution in [1.29, 1.82) is 0 Å². The van der Waals surface area contributed by atoms with Crippen LogP contribution >= 0.6 is 15.9 Å². The van der Waals surface area contributed by atoms with E-state index in [0.717, 1.165) is 18.4 Å². The molecule has 4 rings (SSSR count). The minimum Gasteiger partial charge on any atom is -0.507 e. The highest BCUT2D eigenvalue weighted by atomic mass is 79.9. The molecule has 0 radical (unpaired) electrons. The van der Waals surface area contributed by atoms with E-state index in [0.29, 0.717) is 28.0 Å². The Balaban J connectivity index is 1.85. The summed E-state index contributed by atoms with van der Waals surface area (Å²) in [5.74, 6) is -1.28. The molecule has 0 aliphatic carbocycles. The fourth-order valence-corrected chi connectivity index (χ4v) is 4.66. The molecule has 1 saturated heterocycles. The number of nitrogens with zero attached hydrogens (tertiary/aromatic N) is 2. The standard InChI is InChI=1S/C28H27BrN2O6/c1-3-4-12-37-20-7-5-6-18(13-20)25(32)23-24(19-14-21(29)26(33)22(15-19)36-2)31(28(35)27(23)34)16-17-8-10-30-11-9-17/h5-11,13-15,24,32-33H,3-4,12,16H2,1-2H3/b25-23+. The van der Waals surface area contributed by atoms with Crippen LogP contribution in [0.2, 0.25) is 0 Å². The number of hydrogen-bond acceptors (Lipinski definition) is 7. The lowest BCUT2D eigenvalue weighted by Gasteiger charge is -2.26. The number of carbonyl (C=O) groups excluding carboxylic acids is 2. The Kier molecular flexibility index (Phi) is 8.13. The number of ether oxygens (including phenoxy) is 2. The maximum Gasteiger partial charge on any atom is 0.295 e. The van der Waals surface area contributed by atoms with E-state index in [1.807, 2.05) is 0 Å². The average molecular weight is 567 g/mol. The summed E-state index contributed by atoms with van der Waals surface area (Å²) in [6.45, 7) is 2.70. The van der Waals surface area contributed by atoms with E-state index in [1.54, 1.807) is 60.9 Å². The Labute approximate surface area is 223 Å². The SMILES string of the molecule is CCCCOc1cccc(/C(O)=C2\C(=O)C(=O)N(Cc3ccncc3)C2c2cc(Br)c(O)c(OC)c2)c1. The Bertz CT molecular complexity index is 1340. The van der Waals surface area contributed by atoms with Gasteiger partial charge in [0.1, 0.15) is 11.5 Å². The van der Waals surface area contributed by atoms with Crippen LogP contribution in [0.25, 0.3) is 5.76 Å². The molecular formula is C28H27BrN2O6. The lowest BCUT2D eigenvalue weighted by molar-refractivity contribution is -0.140. The fraction of sp³-hybridized carbons (Fsp3) is 0.250. The predicted molar refractivity (Wildman–Crippen MR) is 141 cm³/mol. The van der Waals surface area contributed by atoms with Crippen molar-refractivity contribution >= 4 is 33.4 Å². The number of ketones is 1. The molecule has 1 aromatic heterocycles. The van der Waals surface area contributed by atoms with E-state index in [-0.39, 0.29) is 29.4 Å². The average Bonchev–Trinajstić information content (AvgIpc) is 3.15. The van der Waals surface area contributed by atoms with Crippen molar-refractivity contribution < 1.29 is 29.3 Å². The van der Waals surface area contributed by atoms with Crippen molar-refractivity contribution in [3.8, 4) is 17.2 Å². The molecule has 1 amide bonds. The van der Waals surface area contributed by atoms with Gasteiger partial charge in [0.05, 0.1) is 29.8 Å². The van der Waals surface area contributed by atoms with Crippen LogP contribution in [-0.4, -0.2) is 45.5 Å². The summed E-state index contributed by atoms with van der Waals surface area (Å²) >= 11 is 3.32. The summed E-state index contributed by atoms with van der Waals surface area (Å²) in [5.41, 5.74) is 1.53. The number of aromatic hydroxyl groups is 1. The molecule has 8 nitrogen and oxygen atoms in total. The number of carbonyl (C=O) groups is 2. The topological polar surface area (TPSA) is 109 Å². The Morgan fingerprint density at radius 3 is 2.59 bits per heavy atom. The van der Waals surface area contributed by atoms with E-state index in [1.165, 1.54) is 12.0 Å². The summed E-state index contributed by atoms with van der Waals surface area (Å²) < 4.78 is 11.4. The third kappa shape index (κ3) is 5.46. The molecule has 9 heteroatoms. The molecule has 3 aromatic rings. The first-order chi connectivity index (χ1) is 17.8. The third-order valence-corrected chi connectivity index (χ3v) is 6.71. The Morgan fingerprint density at radius 1 is 1.14 bits per heavy atom. The zero-order valence-corrected chi connectivity index (χ0v) is 22.1. The van der Waals surface area contributed by atoms with Gasteiger partial charge in [0.25, 0.3) is 11.7 Å². The first-order valence-electron chi connectivity index (χ1n) is 11.8. The van der Waals surface area contributed by atoms with Gasteiger partial charge < -0.3 is 24.6 Å². The van der Waals surface area contributed by atoms with Gasteiger partial charge in [-0.1, -0.05) is 25.5 Å². The van der Waals surface area contributed by atoms with Crippen LogP contribution in [0.4, 0.5) is 0 Å². The molecule has 1 unspecified atom stereocenters. The van der Waals surface area contributed by atoms with Crippen molar-refractivity contribution in [3.05, 3.63) is 87.7 Å². The number of unbranched alkanes of at least 4 members (excludes halogenated alkanes) is 1. The predicted octanol–water partition coefficient (Wildman–Crippen LogP) is 5.36. The van der Waals surface area contributed by atoms with Gasteiger partial charge in [-0.15, -0.1) is 0 Å². The number of aliphatic hydroxyl groups excluding tert-OH is 1. The maximum atomic E-state index is 13.4. The molecule has 0 spiro atoms. The van der Waals surface area contributed by atoms with Crippen LogP contribution in [0.15, 0.2) is 71.0 Å². The molecule has 0 bridgehead atoms. The Hall–Kier alpha value is -3.85. The second-order valence-corrected chi connectivity index (χ2v) is 9.42. The van der Waals surface area contributed by atoms with Crippen molar-refractivity contribution in [2.75, 3.05) is 13.7 Å². The van der Waals surface area contributed by atoms with Gasteiger partial charge in [0, 0.05) is 24.5 Å². The van der Waals surface area contributed by atoms with Gasteiger partial charge in [-0.05, 0) is 69.9 Å². The normalized spacial score (nSPS) is 16.7. The number of amides is 1. The second-order valence-electron chi connectivity index (χ2n) is 8.57. The summed E-state index contributed by atoms with van der Waals surface area (Å²) in [4.78, 5) is 32.0. The fourth-order valence-electron chi connectivity index (χ4n) is 4.20. The quantitative estimate of drug-likeness (QED) is 0.155. The lowest BCUT2D eigenvalue weighted by atomic mass is 9.94. The number of hydrogen-bond donors (Lipinski definition) is 2. The third-order valence-electron chi connectivity index (χ3n) is 6.10. The maximum absolute atomic E-state index is 13.4. The van der Waals surface area contributed by atoms with Gasteiger partial charge in [0.2, 0.25) is 0 Å². The van der Waals surface area contributed by atoms with Crippen molar-refractivity contribution in [3.63, 3.8) is 0 Å². The smallest absolute Gasteiger partial charge is 0.295 e. The van der Waals surface area contributed by atoms with Crippen molar-refractivity contribution in [1.82, 2.24) is 9.88 Å². The number of likely N-dealkylation sites (tertiary alicyclic amines) is 1. The monoisotopic (exact) mass is 566 g/mol. The highest BCUT2D eigenvalue weighted by Gasteiger charge is 2.46. The molecule has 2 heterocycles. The van der Waals surface area contributed by atoms with Crippen LogP contribution < -0.4 is 9.47 Å². The number of phenolic OH excluding ortho intramolecular Hbond substituents is 1. The molecular weight excluding hydrogens is 540 g/mol. The first kappa shape index (κ1) is 26.2. The summed E-state index contributed by atoms with van der Waals surface area (Å²) in [5, 5.41) is 21.7. The Morgan fingerprint density at radius 2 is 1.89 bits per heavy atom. The van der Waals surface area contributed by atoms with Crippen LogP contribution in [0.5, 0.6) is 17.2 Å². The van der Waals surface area contributed by atoms with Gasteiger partial charge in [0.15, 0.2) is 11.5 Å². The van der Waals surface area contributed by atoms with Crippen molar-refractivity contribution in [2.45, 2.75) is 32.4 Å². The zero-order chi connectivity index (χ0) is 26.5. The highest BCUT2D eigenvalue weighted by Crippen LogP contribution is 2.45. The molecule has 37 heavy (non-hydrogen) atoms. The van der Waals surface area contributed by atoms with E-state index in [2.05, 4.69) is 27.8 Å². The molecule has 1 atom stereocenters. The molecule has 1 aliphatic rings. The summed E-state index contributed by atoms with van der Waals surface area (Å²) in [6.07, 6.45) is 5.07. The molecule has 2 aromatic carbocycles. The number of rotatable bonds is 9. The van der Waals surface area contributed by atoms with Crippen LogP contribution in [0, 0.1) is 0 Å². The summed E-state index contributed by atoms with van der Waals surface area (Å²) in [6, 6.07) is 12.5. The van der Waals surface area contributed by atoms with E-state index in [9.17, 15) is 19.8 Å². The van der Waals surface area contributed by atoms with Gasteiger partial charge in [-0.2, -0.15) is 0 Å². The molecule has 0 saturated carbocycles. The number of Topliss-reactive ketones (excluding diaryl/α,β-unsaturated/α-hetero) is 1. The molecule has 1 aliphatic heterocycles. The molecule has 2 N–H and O–H groups in total. The van der Waals surface area contributed by atoms with Gasteiger partial charge >= 0.3 is 0 Å². The molecule has 1 fully saturated rings. The van der Waals surface area contributed by atoms with E-state index in [4.69, 9.17) is 9.47 Å². The van der Waals surface area contributed by atoms with Crippen LogP contribution in [-0.2, 0) is 16.1 Å². The number of aromatic nitrogens is 1. The highest BCUT2D eigenvalue weighted by molar-refractivity contribution is 9.10. The number of halogens is 1. The number of benzene rings is 2. The first-order valence-corrected chi connectivity index (χ1v) is 12.6. The number of pyridine rings is 1. The number of methoxy groups -OCH3 is 1. The van der Waals surface area contributed by atoms with Crippen molar-refractivity contribution in [2.24, 2.45) is 0 Å².